The number of hydrogen-bond donors (Lipinski definition) is 2. The van der Waals surface area contributed by atoms with E-state index in [4.69, 9.17) is 9.47 Å². The lowest BCUT2D eigenvalue weighted by molar-refractivity contribution is 0.0168. The molecule has 1 saturated heterocycles. The van der Waals surface area contributed by atoms with E-state index in [1.165, 1.54) is 11.1 Å². The predicted molar refractivity (Wildman–Crippen MR) is 108 cm³/mol. The Morgan fingerprint density at radius 3 is 2.81 bits per heavy atom. The van der Waals surface area contributed by atoms with E-state index >= 15 is 0 Å². The molecule has 5 heteroatoms. The molecule has 0 bridgehead atoms. The van der Waals surface area contributed by atoms with E-state index in [-0.39, 0.29) is 5.41 Å². The average molecular weight is 362 g/mol. The molecule has 0 aromatic heterocycles. The Balaban J connectivity index is 1.65. The van der Waals surface area contributed by atoms with Crippen LogP contribution < -0.4 is 10.6 Å². The topological polar surface area (TPSA) is 54.9 Å². The first-order valence-electron chi connectivity index (χ1n) is 9.73. The maximum atomic E-state index is 5.69. The molecule has 1 aliphatic rings. The lowest BCUT2D eigenvalue weighted by atomic mass is 9.82. The van der Waals surface area contributed by atoms with Crippen LogP contribution >= 0.6 is 0 Å². The van der Waals surface area contributed by atoms with Crippen LogP contribution in [-0.2, 0) is 14.9 Å². The van der Waals surface area contributed by atoms with Crippen LogP contribution in [-0.4, -0.2) is 52.0 Å². The van der Waals surface area contributed by atoms with E-state index in [1.54, 1.807) is 0 Å². The summed E-state index contributed by atoms with van der Waals surface area (Å²) in [6.07, 6.45) is 3.55. The third-order valence-electron chi connectivity index (χ3n) is 4.88. The number of aliphatic imine (C=N–C) groups is 1. The van der Waals surface area contributed by atoms with E-state index in [2.05, 4.69) is 60.7 Å². The second kappa shape index (κ2) is 10.5. The number of benzene rings is 1. The smallest absolute Gasteiger partial charge is 0.191 e. The van der Waals surface area contributed by atoms with Crippen LogP contribution in [0.3, 0.4) is 0 Å². The number of nitrogens with one attached hydrogen (secondary N) is 2. The predicted octanol–water partition coefficient (Wildman–Crippen LogP) is 3.02. The fourth-order valence-electron chi connectivity index (χ4n) is 3.32. The average Bonchev–Trinajstić information content (AvgIpc) is 3.14. The zero-order chi connectivity index (χ0) is 18.8. The van der Waals surface area contributed by atoms with Crippen LogP contribution in [0.1, 0.15) is 44.2 Å². The van der Waals surface area contributed by atoms with Crippen molar-refractivity contribution in [2.45, 2.75) is 51.6 Å². The first-order chi connectivity index (χ1) is 12.5. The third kappa shape index (κ3) is 6.61. The minimum absolute atomic E-state index is 0.0351. The Morgan fingerprint density at radius 1 is 1.31 bits per heavy atom. The van der Waals surface area contributed by atoms with Gasteiger partial charge in [-0.1, -0.05) is 38.1 Å². The summed E-state index contributed by atoms with van der Waals surface area (Å²) in [6.45, 7) is 10.7. The Labute approximate surface area is 158 Å². The molecule has 0 amide bonds. The standard InChI is InChI=1S/C21H35N3O2/c1-17-9-5-6-11-19(17)21(2,3)16-24-20(22-4)23-12-8-13-25-15-18-10-7-14-26-18/h5-6,9,11,18H,7-8,10,12-16H2,1-4H3,(H2,22,23,24). The molecule has 1 aliphatic heterocycles. The molecule has 0 spiro atoms. The molecular formula is C21H35N3O2. The molecule has 0 radical (unpaired) electrons. The molecule has 2 rings (SSSR count). The molecule has 1 aromatic rings. The van der Waals surface area contributed by atoms with Crippen molar-refractivity contribution in [2.24, 2.45) is 4.99 Å². The summed E-state index contributed by atoms with van der Waals surface area (Å²) < 4.78 is 11.2. The third-order valence-corrected chi connectivity index (χ3v) is 4.88. The lowest BCUT2D eigenvalue weighted by Crippen LogP contribution is -2.44. The number of nitrogens with zero attached hydrogens (tertiary/aromatic N) is 1. The van der Waals surface area contributed by atoms with E-state index < -0.39 is 0 Å². The largest absolute Gasteiger partial charge is 0.379 e. The maximum absolute atomic E-state index is 5.69. The van der Waals surface area contributed by atoms with Crippen molar-refractivity contribution >= 4 is 5.96 Å². The summed E-state index contributed by atoms with van der Waals surface area (Å²) in [5.41, 5.74) is 2.73. The quantitative estimate of drug-likeness (QED) is 0.403. The summed E-state index contributed by atoms with van der Waals surface area (Å²) in [5, 5.41) is 6.81. The second-order valence-electron chi connectivity index (χ2n) is 7.61. The van der Waals surface area contributed by atoms with E-state index in [1.807, 2.05) is 7.05 Å². The van der Waals surface area contributed by atoms with Crippen molar-refractivity contribution in [3.05, 3.63) is 35.4 Å². The fraction of sp³-hybridized carbons (Fsp3) is 0.667. The molecule has 5 nitrogen and oxygen atoms in total. The summed E-state index contributed by atoms with van der Waals surface area (Å²) >= 11 is 0. The van der Waals surface area contributed by atoms with Crippen LogP contribution in [0.25, 0.3) is 0 Å². The Hall–Kier alpha value is -1.59. The molecule has 1 heterocycles. The van der Waals surface area contributed by atoms with Gasteiger partial charge >= 0.3 is 0 Å². The minimum atomic E-state index is 0.0351. The Morgan fingerprint density at radius 2 is 2.12 bits per heavy atom. The zero-order valence-electron chi connectivity index (χ0n) is 16.8. The Kier molecular flexibility index (Phi) is 8.39. The van der Waals surface area contributed by atoms with Gasteiger partial charge in [0.1, 0.15) is 0 Å². The highest BCUT2D eigenvalue weighted by molar-refractivity contribution is 5.79. The highest BCUT2D eigenvalue weighted by Gasteiger charge is 2.22. The second-order valence-corrected chi connectivity index (χ2v) is 7.61. The molecule has 146 valence electrons. The normalized spacial score (nSPS) is 18.2. The van der Waals surface area contributed by atoms with E-state index in [0.717, 1.165) is 58.1 Å². The number of ether oxygens (including phenoxy) is 2. The van der Waals surface area contributed by atoms with Crippen molar-refractivity contribution in [1.82, 2.24) is 10.6 Å². The van der Waals surface area contributed by atoms with Crippen LogP contribution in [0.15, 0.2) is 29.3 Å². The van der Waals surface area contributed by atoms with Gasteiger partial charge in [-0.15, -0.1) is 0 Å². The zero-order valence-corrected chi connectivity index (χ0v) is 16.8. The van der Waals surface area contributed by atoms with E-state index in [9.17, 15) is 0 Å². The van der Waals surface area contributed by atoms with Gasteiger partial charge in [-0.2, -0.15) is 0 Å². The molecule has 0 saturated carbocycles. The molecular weight excluding hydrogens is 326 g/mol. The Bertz CT molecular complexity index is 566. The van der Waals surface area contributed by atoms with E-state index in [0.29, 0.717) is 6.10 Å². The van der Waals surface area contributed by atoms with Crippen LogP contribution in [0.2, 0.25) is 0 Å². The molecule has 1 fully saturated rings. The van der Waals surface area contributed by atoms with Gasteiger partial charge in [0.25, 0.3) is 0 Å². The van der Waals surface area contributed by atoms with Crippen molar-refractivity contribution < 1.29 is 9.47 Å². The molecule has 1 atom stereocenters. The van der Waals surface area contributed by atoms with Crippen molar-refractivity contribution in [1.29, 1.82) is 0 Å². The lowest BCUT2D eigenvalue weighted by Gasteiger charge is -2.28. The van der Waals surface area contributed by atoms with Crippen molar-refractivity contribution in [3.8, 4) is 0 Å². The number of rotatable bonds is 9. The van der Waals surface area contributed by atoms with Gasteiger partial charge in [0.15, 0.2) is 5.96 Å². The number of hydrogen-bond acceptors (Lipinski definition) is 3. The first-order valence-corrected chi connectivity index (χ1v) is 9.73. The van der Waals surface area contributed by atoms with Crippen molar-refractivity contribution in [3.63, 3.8) is 0 Å². The molecule has 26 heavy (non-hydrogen) atoms. The molecule has 0 aliphatic carbocycles. The summed E-state index contributed by atoms with van der Waals surface area (Å²) in [6, 6.07) is 8.57. The number of guanidine groups is 1. The van der Waals surface area contributed by atoms with Gasteiger partial charge in [-0.25, -0.2) is 0 Å². The minimum Gasteiger partial charge on any atom is -0.379 e. The molecule has 2 N–H and O–H groups in total. The first kappa shape index (κ1) is 20.7. The summed E-state index contributed by atoms with van der Waals surface area (Å²) in [7, 11) is 1.81. The van der Waals surface area contributed by atoms with Gasteiger partial charge in [0.05, 0.1) is 12.7 Å². The number of aryl methyl sites for hydroxylation is 1. The SMILES string of the molecule is CN=C(NCCCOCC1CCCO1)NCC(C)(C)c1ccccc1C. The summed E-state index contributed by atoms with van der Waals surface area (Å²) in [4.78, 5) is 4.32. The van der Waals surface area contributed by atoms with Gasteiger partial charge in [0.2, 0.25) is 0 Å². The summed E-state index contributed by atoms with van der Waals surface area (Å²) in [5.74, 6) is 0.839. The molecule has 1 aromatic carbocycles. The van der Waals surface area contributed by atoms with Gasteiger partial charge in [-0.05, 0) is 37.3 Å². The van der Waals surface area contributed by atoms with Gasteiger partial charge in [-0.3, -0.25) is 4.99 Å². The van der Waals surface area contributed by atoms with Gasteiger partial charge < -0.3 is 20.1 Å². The molecule has 1 unspecified atom stereocenters. The van der Waals surface area contributed by atoms with Crippen LogP contribution in [0, 0.1) is 6.92 Å². The highest BCUT2D eigenvalue weighted by atomic mass is 16.5. The fourth-order valence-corrected chi connectivity index (χ4v) is 3.32. The monoisotopic (exact) mass is 361 g/mol. The van der Waals surface area contributed by atoms with Crippen LogP contribution in [0.5, 0.6) is 0 Å². The van der Waals surface area contributed by atoms with Crippen LogP contribution in [0.4, 0.5) is 0 Å². The van der Waals surface area contributed by atoms with Gasteiger partial charge in [0, 0.05) is 38.8 Å². The maximum Gasteiger partial charge on any atom is 0.191 e. The van der Waals surface area contributed by atoms with Crippen molar-refractivity contribution in [2.75, 3.05) is 40.0 Å². The highest BCUT2D eigenvalue weighted by Crippen LogP contribution is 2.25.